The third-order valence-corrected chi connectivity index (χ3v) is 5.44. The first kappa shape index (κ1) is 14.1. The van der Waals surface area contributed by atoms with Crippen molar-refractivity contribution in [1.82, 2.24) is 0 Å². The lowest BCUT2D eigenvalue weighted by Gasteiger charge is -2.21. The zero-order valence-corrected chi connectivity index (χ0v) is 12.1. The largest absolute Gasteiger partial charge is 0.482 e. The molecular formula is C12H14ClNO4S. The van der Waals surface area contributed by atoms with Crippen LogP contribution >= 0.6 is 11.6 Å². The predicted molar refractivity (Wildman–Crippen MR) is 73.5 cm³/mol. The summed E-state index contributed by atoms with van der Waals surface area (Å²) in [4.78, 5) is 11.2. The molecule has 0 radical (unpaired) electrons. The van der Waals surface area contributed by atoms with E-state index in [4.69, 9.17) is 16.3 Å². The van der Waals surface area contributed by atoms with Crippen LogP contribution < -0.4 is 10.1 Å². The molecule has 2 atom stereocenters. The van der Waals surface area contributed by atoms with Crippen LogP contribution in [0.15, 0.2) is 18.2 Å². The molecule has 19 heavy (non-hydrogen) atoms. The van der Waals surface area contributed by atoms with E-state index in [0.717, 1.165) is 6.26 Å². The molecule has 104 valence electrons. The quantitative estimate of drug-likeness (QED) is 0.863. The maximum absolute atomic E-state index is 11.5. The summed E-state index contributed by atoms with van der Waals surface area (Å²) >= 11 is 6.19. The van der Waals surface area contributed by atoms with Gasteiger partial charge in [-0.25, -0.2) is 8.42 Å². The van der Waals surface area contributed by atoms with E-state index in [9.17, 15) is 13.2 Å². The molecule has 1 aliphatic rings. The summed E-state index contributed by atoms with van der Waals surface area (Å²) in [5, 5.41) is 1.26. The molecule has 1 heterocycles. The van der Waals surface area contributed by atoms with Crippen molar-refractivity contribution in [1.29, 1.82) is 0 Å². The van der Waals surface area contributed by atoms with Gasteiger partial charge in [0.25, 0.3) is 5.91 Å². The van der Waals surface area contributed by atoms with Crippen molar-refractivity contribution in [2.75, 3.05) is 18.2 Å². The lowest BCUT2D eigenvalue weighted by Crippen LogP contribution is -2.26. The van der Waals surface area contributed by atoms with Gasteiger partial charge in [0.1, 0.15) is 5.75 Å². The van der Waals surface area contributed by atoms with Crippen LogP contribution in [0.1, 0.15) is 17.9 Å². The zero-order chi connectivity index (χ0) is 14.2. The lowest BCUT2D eigenvalue weighted by atomic mass is 10.1. The van der Waals surface area contributed by atoms with Crippen LogP contribution in [0, 0.1) is 0 Å². The number of carbonyl (C=O) groups excluding carboxylic acids is 1. The summed E-state index contributed by atoms with van der Waals surface area (Å²) < 4.78 is 28.2. The lowest BCUT2D eigenvalue weighted by molar-refractivity contribution is -0.118. The molecule has 1 aromatic rings. The maximum Gasteiger partial charge on any atom is 0.262 e. The molecule has 0 aliphatic carbocycles. The Hall–Kier alpha value is -1.27. The molecule has 1 aromatic carbocycles. The van der Waals surface area contributed by atoms with Gasteiger partial charge >= 0.3 is 0 Å². The second-order valence-corrected chi connectivity index (χ2v) is 7.40. The Morgan fingerprint density at radius 3 is 2.74 bits per heavy atom. The monoisotopic (exact) mass is 303 g/mol. The van der Waals surface area contributed by atoms with Crippen LogP contribution in [0.2, 0.25) is 0 Å². The molecule has 5 nitrogen and oxygen atoms in total. The van der Waals surface area contributed by atoms with Gasteiger partial charge in [0.2, 0.25) is 0 Å². The highest BCUT2D eigenvalue weighted by molar-refractivity contribution is 7.91. The number of hydrogen-bond acceptors (Lipinski definition) is 4. The van der Waals surface area contributed by atoms with Crippen molar-refractivity contribution in [3.63, 3.8) is 0 Å². The van der Waals surface area contributed by atoms with Crippen LogP contribution in [0.3, 0.4) is 0 Å². The Kier molecular flexibility index (Phi) is 3.73. The van der Waals surface area contributed by atoms with Crippen LogP contribution in [0.5, 0.6) is 5.75 Å². The average Bonchev–Trinajstić information content (AvgIpc) is 2.35. The highest BCUT2D eigenvalue weighted by atomic mass is 35.5. The van der Waals surface area contributed by atoms with E-state index in [0.29, 0.717) is 17.0 Å². The van der Waals surface area contributed by atoms with Crippen molar-refractivity contribution < 1.29 is 17.9 Å². The summed E-state index contributed by atoms with van der Waals surface area (Å²) in [6, 6.07) is 5.02. The first-order valence-corrected chi connectivity index (χ1v) is 8.07. The fourth-order valence-electron chi connectivity index (χ4n) is 1.76. The molecule has 0 saturated heterocycles. The van der Waals surface area contributed by atoms with Crippen molar-refractivity contribution in [2.45, 2.75) is 17.6 Å². The number of fused-ring (bicyclic) bond motifs is 1. The number of anilines is 1. The van der Waals surface area contributed by atoms with Crippen LogP contribution in [-0.2, 0) is 14.6 Å². The SMILES string of the molecule is CC(C(Cl)c1ccc2c(c1)NC(=O)CO2)S(C)(=O)=O. The predicted octanol–water partition coefficient (Wildman–Crippen LogP) is 1.73. The smallest absolute Gasteiger partial charge is 0.262 e. The minimum absolute atomic E-state index is 0.0175. The summed E-state index contributed by atoms with van der Waals surface area (Å²) in [6.45, 7) is 1.54. The topological polar surface area (TPSA) is 72.5 Å². The van der Waals surface area contributed by atoms with Gasteiger partial charge in [-0.2, -0.15) is 0 Å². The van der Waals surface area contributed by atoms with Gasteiger partial charge in [0.05, 0.1) is 16.3 Å². The molecule has 2 rings (SSSR count). The van der Waals surface area contributed by atoms with E-state index in [1.54, 1.807) is 25.1 Å². The summed E-state index contributed by atoms with van der Waals surface area (Å²) in [5.41, 5.74) is 1.14. The zero-order valence-electron chi connectivity index (χ0n) is 10.5. The van der Waals surface area contributed by atoms with E-state index in [2.05, 4.69) is 5.32 Å². The molecule has 0 aromatic heterocycles. The molecule has 1 amide bonds. The van der Waals surface area contributed by atoms with Gasteiger partial charge in [-0.05, 0) is 24.6 Å². The van der Waals surface area contributed by atoms with Crippen molar-refractivity contribution in [2.24, 2.45) is 0 Å². The summed E-state index contributed by atoms with van der Waals surface area (Å²) in [6.07, 6.45) is 1.15. The second kappa shape index (κ2) is 5.02. The van der Waals surface area contributed by atoms with Gasteiger partial charge in [0.15, 0.2) is 16.4 Å². The normalized spacial score (nSPS) is 17.9. The molecule has 0 bridgehead atoms. The van der Waals surface area contributed by atoms with Crippen molar-refractivity contribution >= 4 is 33.0 Å². The van der Waals surface area contributed by atoms with Gasteiger partial charge in [-0.15, -0.1) is 11.6 Å². The molecule has 1 N–H and O–H groups in total. The number of amides is 1. The average molecular weight is 304 g/mol. The van der Waals surface area contributed by atoms with Gasteiger partial charge < -0.3 is 10.1 Å². The molecule has 0 fully saturated rings. The molecule has 7 heteroatoms. The van der Waals surface area contributed by atoms with Gasteiger partial charge in [-0.3, -0.25) is 4.79 Å². The highest BCUT2D eigenvalue weighted by Crippen LogP contribution is 2.35. The second-order valence-electron chi connectivity index (χ2n) is 4.53. The molecule has 2 unspecified atom stereocenters. The van der Waals surface area contributed by atoms with Crippen molar-refractivity contribution in [3.8, 4) is 5.75 Å². The van der Waals surface area contributed by atoms with E-state index in [1.807, 2.05) is 0 Å². The van der Waals surface area contributed by atoms with E-state index < -0.39 is 20.5 Å². The number of halogens is 1. The molecule has 0 saturated carbocycles. The van der Waals surface area contributed by atoms with Crippen LogP contribution in [0.4, 0.5) is 5.69 Å². The first-order valence-electron chi connectivity index (χ1n) is 5.68. The van der Waals surface area contributed by atoms with Gasteiger partial charge in [-0.1, -0.05) is 6.07 Å². The Morgan fingerprint density at radius 2 is 2.11 bits per heavy atom. The first-order chi connectivity index (χ1) is 8.79. The van der Waals surface area contributed by atoms with Crippen molar-refractivity contribution in [3.05, 3.63) is 23.8 Å². The Labute approximate surface area is 116 Å². The number of sulfone groups is 1. The van der Waals surface area contributed by atoms with Crippen LogP contribution in [-0.4, -0.2) is 32.4 Å². The van der Waals surface area contributed by atoms with Gasteiger partial charge in [0, 0.05) is 6.26 Å². The number of ether oxygens (including phenoxy) is 1. The fraction of sp³-hybridized carbons (Fsp3) is 0.417. The number of alkyl halides is 1. The fourth-order valence-corrected chi connectivity index (χ4v) is 3.05. The minimum Gasteiger partial charge on any atom is -0.482 e. The molecular weight excluding hydrogens is 290 g/mol. The number of nitrogens with one attached hydrogen (secondary N) is 1. The third-order valence-electron chi connectivity index (χ3n) is 3.04. The Morgan fingerprint density at radius 1 is 1.42 bits per heavy atom. The van der Waals surface area contributed by atoms with E-state index >= 15 is 0 Å². The third kappa shape index (κ3) is 3.01. The summed E-state index contributed by atoms with van der Waals surface area (Å²) in [5.74, 6) is 0.311. The van der Waals surface area contributed by atoms with E-state index in [1.165, 1.54) is 0 Å². The Bertz CT molecular complexity index is 614. The molecule has 1 aliphatic heterocycles. The molecule has 0 spiro atoms. The number of rotatable bonds is 3. The Balaban J connectivity index is 2.32. The maximum atomic E-state index is 11.5. The minimum atomic E-state index is -3.23. The number of benzene rings is 1. The summed E-state index contributed by atoms with van der Waals surface area (Å²) in [7, 11) is -3.23. The number of hydrogen-bond donors (Lipinski definition) is 1. The van der Waals surface area contributed by atoms with E-state index in [-0.39, 0.29) is 12.5 Å². The highest BCUT2D eigenvalue weighted by Gasteiger charge is 2.27. The van der Waals surface area contributed by atoms with Crippen LogP contribution in [0.25, 0.3) is 0 Å². The standard InChI is InChI=1S/C12H14ClNO4S/c1-7(19(2,16)17)12(13)8-3-4-10-9(5-8)14-11(15)6-18-10/h3-5,7,12H,6H2,1-2H3,(H,14,15). The number of carbonyl (C=O) groups is 1.